The lowest BCUT2D eigenvalue weighted by Crippen LogP contribution is -2.30. The summed E-state index contributed by atoms with van der Waals surface area (Å²) in [5.74, 6) is 4.48. The standard InChI is InChI=1S/C26H28O3Si/c1-28-24-12-8-6-10-22(24)26(27,23-11-7-9-13-25(23)29-2)21-16-14-20(15-17-21)18-19-30(3,4)5/h6-17,27H,1-5H3. The number of hydrogen-bond acceptors (Lipinski definition) is 3. The van der Waals surface area contributed by atoms with Crippen molar-refractivity contribution in [3.63, 3.8) is 0 Å². The largest absolute Gasteiger partial charge is 0.496 e. The van der Waals surface area contributed by atoms with Crippen molar-refractivity contribution < 1.29 is 14.6 Å². The molecular weight excluding hydrogens is 388 g/mol. The molecule has 0 saturated carbocycles. The van der Waals surface area contributed by atoms with Crippen LogP contribution in [0.2, 0.25) is 19.6 Å². The molecule has 0 fully saturated rings. The Morgan fingerprint density at radius 3 is 1.63 bits per heavy atom. The SMILES string of the molecule is COc1ccccc1C(O)(c1ccc(C#C[Si](C)(C)C)cc1)c1ccccc1OC. The summed E-state index contributed by atoms with van der Waals surface area (Å²) in [7, 11) is 1.75. The van der Waals surface area contributed by atoms with Crippen LogP contribution < -0.4 is 9.47 Å². The Morgan fingerprint density at radius 2 is 1.20 bits per heavy atom. The first-order chi connectivity index (χ1) is 14.3. The Labute approximate surface area is 180 Å². The van der Waals surface area contributed by atoms with Gasteiger partial charge in [-0.15, -0.1) is 5.54 Å². The fraction of sp³-hybridized carbons (Fsp3) is 0.231. The van der Waals surface area contributed by atoms with Crippen molar-refractivity contribution >= 4 is 8.07 Å². The minimum Gasteiger partial charge on any atom is -0.496 e. The molecule has 1 N–H and O–H groups in total. The molecule has 0 aliphatic heterocycles. The van der Waals surface area contributed by atoms with E-state index in [0.717, 1.165) is 11.1 Å². The first-order valence-electron chi connectivity index (χ1n) is 9.92. The van der Waals surface area contributed by atoms with E-state index in [0.29, 0.717) is 22.6 Å². The summed E-state index contributed by atoms with van der Waals surface area (Å²) in [6, 6.07) is 22.8. The van der Waals surface area contributed by atoms with Gasteiger partial charge in [-0.05, 0) is 29.8 Å². The molecule has 154 valence electrons. The fourth-order valence-corrected chi connectivity index (χ4v) is 3.92. The number of aliphatic hydroxyl groups is 1. The van der Waals surface area contributed by atoms with E-state index in [1.54, 1.807) is 14.2 Å². The first kappa shape index (κ1) is 21.7. The Bertz CT molecular complexity index is 1020. The number of methoxy groups -OCH3 is 2. The summed E-state index contributed by atoms with van der Waals surface area (Å²) in [6.45, 7) is 6.66. The molecule has 0 aliphatic carbocycles. The molecule has 0 unspecified atom stereocenters. The van der Waals surface area contributed by atoms with Gasteiger partial charge in [-0.25, -0.2) is 0 Å². The van der Waals surface area contributed by atoms with E-state index >= 15 is 0 Å². The molecule has 0 aromatic heterocycles. The fourth-order valence-electron chi connectivity index (χ4n) is 3.40. The molecule has 30 heavy (non-hydrogen) atoms. The maximum Gasteiger partial charge on any atom is 0.147 e. The average Bonchev–Trinajstić information content (AvgIpc) is 2.77. The Morgan fingerprint density at radius 1 is 0.733 bits per heavy atom. The first-order valence-corrected chi connectivity index (χ1v) is 13.4. The second-order valence-corrected chi connectivity index (χ2v) is 12.9. The molecule has 0 bridgehead atoms. The quantitative estimate of drug-likeness (QED) is 0.352. The van der Waals surface area contributed by atoms with E-state index in [2.05, 4.69) is 31.1 Å². The van der Waals surface area contributed by atoms with Crippen LogP contribution in [0.5, 0.6) is 11.5 Å². The van der Waals surface area contributed by atoms with Gasteiger partial charge in [0, 0.05) is 16.7 Å². The Hall–Kier alpha value is -3.00. The van der Waals surface area contributed by atoms with Gasteiger partial charge in [0.15, 0.2) is 0 Å². The zero-order valence-corrected chi connectivity index (χ0v) is 19.2. The van der Waals surface area contributed by atoms with Crippen molar-refractivity contribution in [3.05, 3.63) is 95.1 Å². The molecule has 3 rings (SSSR count). The molecule has 4 heteroatoms. The summed E-state index contributed by atoms with van der Waals surface area (Å²) in [5.41, 5.74) is 4.88. The van der Waals surface area contributed by atoms with E-state index in [1.165, 1.54) is 0 Å². The second-order valence-electron chi connectivity index (χ2n) is 8.19. The van der Waals surface area contributed by atoms with Crippen LogP contribution in [-0.4, -0.2) is 27.4 Å². The van der Waals surface area contributed by atoms with Crippen molar-refractivity contribution in [2.45, 2.75) is 25.2 Å². The minimum atomic E-state index is -1.46. The number of rotatable bonds is 5. The van der Waals surface area contributed by atoms with Crippen LogP contribution in [0.25, 0.3) is 0 Å². The number of hydrogen-bond donors (Lipinski definition) is 1. The van der Waals surface area contributed by atoms with Gasteiger partial charge in [-0.2, -0.15) is 0 Å². The molecule has 0 aliphatic rings. The highest BCUT2D eigenvalue weighted by Crippen LogP contribution is 2.44. The highest BCUT2D eigenvalue weighted by Gasteiger charge is 2.38. The highest BCUT2D eigenvalue weighted by atomic mass is 28.3. The maximum atomic E-state index is 12.2. The molecule has 0 heterocycles. The van der Waals surface area contributed by atoms with Crippen LogP contribution in [-0.2, 0) is 5.60 Å². The van der Waals surface area contributed by atoms with Crippen LogP contribution >= 0.6 is 0 Å². The zero-order valence-electron chi connectivity index (χ0n) is 18.2. The van der Waals surface area contributed by atoms with Crippen molar-refractivity contribution in [2.24, 2.45) is 0 Å². The summed E-state index contributed by atoms with van der Waals surface area (Å²) in [5, 5.41) is 12.2. The molecule has 3 aromatic rings. The summed E-state index contributed by atoms with van der Waals surface area (Å²) >= 11 is 0. The average molecular weight is 417 g/mol. The van der Waals surface area contributed by atoms with E-state index in [9.17, 15) is 5.11 Å². The van der Waals surface area contributed by atoms with Crippen LogP contribution in [0.3, 0.4) is 0 Å². The van der Waals surface area contributed by atoms with E-state index < -0.39 is 13.7 Å². The summed E-state index contributed by atoms with van der Waals surface area (Å²) in [4.78, 5) is 0. The Balaban J connectivity index is 2.21. The normalized spacial score (nSPS) is 11.4. The van der Waals surface area contributed by atoms with Crippen LogP contribution in [0.4, 0.5) is 0 Å². The number of benzene rings is 3. The van der Waals surface area contributed by atoms with Crippen molar-refractivity contribution in [1.82, 2.24) is 0 Å². The molecule has 0 saturated heterocycles. The molecule has 0 amide bonds. The second kappa shape index (κ2) is 8.79. The van der Waals surface area contributed by atoms with Gasteiger partial charge in [0.05, 0.1) is 14.2 Å². The predicted molar refractivity (Wildman–Crippen MR) is 125 cm³/mol. The van der Waals surface area contributed by atoms with Gasteiger partial charge < -0.3 is 14.6 Å². The van der Waals surface area contributed by atoms with Gasteiger partial charge in [0.2, 0.25) is 0 Å². The zero-order chi connectivity index (χ0) is 21.8. The molecular formula is C26H28O3Si. The van der Waals surface area contributed by atoms with Crippen LogP contribution in [0.15, 0.2) is 72.8 Å². The lowest BCUT2D eigenvalue weighted by atomic mass is 9.79. The van der Waals surface area contributed by atoms with E-state index in [4.69, 9.17) is 9.47 Å². The smallest absolute Gasteiger partial charge is 0.147 e. The maximum absolute atomic E-state index is 12.2. The summed E-state index contributed by atoms with van der Waals surface area (Å²) in [6.07, 6.45) is 0. The molecule has 0 spiro atoms. The van der Waals surface area contributed by atoms with Gasteiger partial charge in [0.25, 0.3) is 0 Å². The van der Waals surface area contributed by atoms with Crippen molar-refractivity contribution in [2.75, 3.05) is 14.2 Å². The topological polar surface area (TPSA) is 38.7 Å². The van der Waals surface area contributed by atoms with Crippen LogP contribution in [0.1, 0.15) is 22.3 Å². The Kier molecular flexibility index (Phi) is 6.36. The van der Waals surface area contributed by atoms with Gasteiger partial charge in [-0.1, -0.05) is 74.1 Å². The number of para-hydroxylation sites is 2. The number of ether oxygens (including phenoxy) is 2. The molecule has 0 atom stereocenters. The summed E-state index contributed by atoms with van der Waals surface area (Å²) < 4.78 is 11.2. The third kappa shape index (κ3) is 4.43. The molecule has 3 nitrogen and oxygen atoms in total. The third-order valence-electron chi connectivity index (χ3n) is 4.88. The van der Waals surface area contributed by atoms with Gasteiger partial charge >= 0.3 is 0 Å². The third-order valence-corrected chi connectivity index (χ3v) is 5.75. The molecule has 0 radical (unpaired) electrons. The minimum absolute atomic E-state index is 0.605. The van der Waals surface area contributed by atoms with Crippen molar-refractivity contribution in [1.29, 1.82) is 0 Å². The van der Waals surface area contributed by atoms with Crippen LogP contribution in [0, 0.1) is 11.5 Å². The monoisotopic (exact) mass is 416 g/mol. The lowest BCUT2D eigenvalue weighted by Gasteiger charge is -2.32. The van der Waals surface area contributed by atoms with E-state index in [1.807, 2.05) is 72.8 Å². The van der Waals surface area contributed by atoms with Gasteiger partial charge in [0.1, 0.15) is 25.2 Å². The predicted octanol–water partition coefficient (Wildman–Crippen LogP) is 5.22. The van der Waals surface area contributed by atoms with E-state index in [-0.39, 0.29) is 0 Å². The molecule has 3 aromatic carbocycles. The van der Waals surface area contributed by atoms with Crippen molar-refractivity contribution in [3.8, 4) is 23.0 Å². The highest BCUT2D eigenvalue weighted by molar-refractivity contribution is 6.83. The van der Waals surface area contributed by atoms with Gasteiger partial charge in [-0.3, -0.25) is 0 Å². The lowest BCUT2D eigenvalue weighted by molar-refractivity contribution is 0.118.